The molecule has 1 aliphatic heterocycles. The molecular formula is C14H16BrFN2O3. The summed E-state index contributed by atoms with van der Waals surface area (Å²) in [7, 11) is 0. The Morgan fingerprint density at radius 2 is 2.10 bits per heavy atom. The molecule has 2 rings (SSSR count). The maximum absolute atomic E-state index is 13.9. The van der Waals surface area contributed by atoms with Gasteiger partial charge in [-0.05, 0) is 24.8 Å². The van der Waals surface area contributed by atoms with Gasteiger partial charge in [-0.1, -0.05) is 22.9 Å². The van der Waals surface area contributed by atoms with E-state index in [2.05, 4.69) is 22.9 Å². The van der Waals surface area contributed by atoms with Gasteiger partial charge in [0.2, 0.25) is 0 Å². The lowest BCUT2D eigenvalue weighted by molar-refractivity contribution is -0.385. The van der Waals surface area contributed by atoms with Crippen molar-refractivity contribution in [3.63, 3.8) is 0 Å². The second-order valence-corrected chi connectivity index (χ2v) is 6.67. The van der Waals surface area contributed by atoms with E-state index in [-0.39, 0.29) is 11.3 Å². The van der Waals surface area contributed by atoms with Crippen LogP contribution in [0.25, 0.3) is 0 Å². The first-order chi connectivity index (χ1) is 9.90. The second-order valence-electron chi connectivity index (χ2n) is 5.23. The van der Waals surface area contributed by atoms with Crippen molar-refractivity contribution in [2.24, 2.45) is 5.92 Å². The number of piperidine rings is 1. The van der Waals surface area contributed by atoms with Crippen LogP contribution in [-0.2, 0) is 0 Å². The number of hydrogen-bond acceptors (Lipinski definition) is 3. The van der Waals surface area contributed by atoms with Crippen molar-refractivity contribution >= 4 is 27.5 Å². The molecule has 1 saturated heterocycles. The van der Waals surface area contributed by atoms with Crippen LogP contribution in [0.2, 0.25) is 0 Å². The van der Waals surface area contributed by atoms with E-state index in [0.717, 1.165) is 25.0 Å². The molecule has 0 aromatic heterocycles. The number of halogens is 2. The molecule has 5 nitrogen and oxygen atoms in total. The van der Waals surface area contributed by atoms with Gasteiger partial charge in [-0.15, -0.1) is 0 Å². The minimum atomic E-state index is -0.842. The van der Waals surface area contributed by atoms with Crippen LogP contribution in [0.1, 0.15) is 30.1 Å². The fourth-order valence-corrected chi connectivity index (χ4v) is 3.05. The lowest BCUT2D eigenvalue weighted by Crippen LogP contribution is -2.40. The molecule has 0 saturated carbocycles. The Labute approximate surface area is 130 Å². The molecule has 1 fully saturated rings. The molecule has 1 amide bonds. The number of carbonyl (C=O) groups is 1. The Bertz CT molecular complexity index is 557. The average Bonchev–Trinajstić information content (AvgIpc) is 2.46. The van der Waals surface area contributed by atoms with Gasteiger partial charge in [0.15, 0.2) is 0 Å². The highest BCUT2D eigenvalue weighted by Gasteiger charge is 2.27. The molecule has 0 N–H and O–H groups in total. The van der Waals surface area contributed by atoms with Gasteiger partial charge in [0, 0.05) is 24.0 Å². The van der Waals surface area contributed by atoms with Gasteiger partial charge in [0.1, 0.15) is 5.82 Å². The summed E-state index contributed by atoms with van der Waals surface area (Å²) in [6.45, 7) is 3.24. The number of benzene rings is 1. The van der Waals surface area contributed by atoms with E-state index in [1.165, 1.54) is 6.07 Å². The lowest BCUT2D eigenvalue weighted by Gasteiger charge is -2.33. The molecule has 0 spiro atoms. The first-order valence-corrected chi connectivity index (χ1v) is 7.69. The molecule has 0 radical (unpaired) electrons. The van der Waals surface area contributed by atoms with Gasteiger partial charge < -0.3 is 4.90 Å². The first kappa shape index (κ1) is 15.9. The Balaban J connectivity index is 2.09. The third-order valence-corrected chi connectivity index (χ3v) is 4.62. The summed E-state index contributed by atoms with van der Waals surface area (Å²) in [4.78, 5) is 24.2. The number of carbonyl (C=O) groups excluding carboxylic acids is 1. The highest BCUT2D eigenvalue weighted by molar-refractivity contribution is 9.09. The minimum Gasteiger partial charge on any atom is -0.339 e. The number of nitro benzene ring substituents is 1. The SMILES string of the molecule is CC(Br)C1CCN(C(=O)c2ccc([N+](=O)[O-])cc2F)CC1. The molecule has 114 valence electrons. The fraction of sp³-hybridized carbons (Fsp3) is 0.500. The van der Waals surface area contributed by atoms with E-state index in [0.29, 0.717) is 23.8 Å². The number of likely N-dealkylation sites (tertiary alicyclic amines) is 1. The average molecular weight is 359 g/mol. The van der Waals surface area contributed by atoms with Crippen LogP contribution in [0.4, 0.5) is 10.1 Å². The van der Waals surface area contributed by atoms with Gasteiger partial charge in [-0.2, -0.15) is 0 Å². The molecule has 7 heteroatoms. The van der Waals surface area contributed by atoms with Crippen LogP contribution in [0.15, 0.2) is 18.2 Å². The van der Waals surface area contributed by atoms with Crippen molar-refractivity contribution in [1.29, 1.82) is 0 Å². The van der Waals surface area contributed by atoms with Gasteiger partial charge in [-0.3, -0.25) is 14.9 Å². The summed E-state index contributed by atoms with van der Waals surface area (Å²) < 4.78 is 13.9. The number of nitrogens with zero attached hydrogens (tertiary/aromatic N) is 2. The van der Waals surface area contributed by atoms with Crippen molar-refractivity contribution in [3.05, 3.63) is 39.7 Å². The molecule has 21 heavy (non-hydrogen) atoms. The van der Waals surface area contributed by atoms with Crippen LogP contribution in [0.5, 0.6) is 0 Å². The smallest absolute Gasteiger partial charge is 0.272 e. The summed E-state index contributed by atoms with van der Waals surface area (Å²) in [5, 5.41) is 10.6. The second kappa shape index (κ2) is 6.51. The van der Waals surface area contributed by atoms with Gasteiger partial charge in [0.05, 0.1) is 16.6 Å². The number of alkyl halides is 1. The van der Waals surface area contributed by atoms with E-state index in [9.17, 15) is 19.3 Å². The molecule has 1 heterocycles. The summed E-state index contributed by atoms with van der Waals surface area (Å²) >= 11 is 3.54. The normalized spacial score (nSPS) is 17.6. The fourth-order valence-electron chi connectivity index (χ4n) is 2.52. The maximum Gasteiger partial charge on any atom is 0.272 e. The van der Waals surface area contributed by atoms with Crippen LogP contribution < -0.4 is 0 Å². The lowest BCUT2D eigenvalue weighted by atomic mass is 9.94. The molecule has 1 unspecified atom stereocenters. The number of hydrogen-bond donors (Lipinski definition) is 0. The molecule has 1 aromatic carbocycles. The Morgan fingerprint density at radius 1 is 1.48 bits per heavy atom. The highest BCUT2D eigenvalue weighted by atomic mass is 79.9. The number of nitro groups is 1. The third kappa shape index (κ3) is 3.58. The summed E-state index contributed by atoms with van der Waals surface area (Å²) in [5.74, 6) is -0.732. The molecule has 1 atom stereocenters. The van der Waals surface area contributed by atoms with Crippen molar-refractivity contribution in [2.75, 3.05) is 13.1 Å². The molecule has 1 aliphatic rings. The van der Waals surface area contributed by atoms with Crippen LogP contribution in [0.3, 0.4) is 0 Å². The van der Waals surface area contributed by atoms with Crippen molar-refractivity contribution in [1.82, 2.24) is 4.90 Å². The minimum absolute atomic E-state index is 0.106. The zero-order valence-corrected chi connectivity index (χ0v) is 13.2. The monoisotopic (exact) mass is 358 g/mol. The van der Waals surface area contributed by atoms with E-state index < -0.39 is 16.6 Å². The molecular weight excluding hydrogens is 343 g/mol. The van der Waals surface area contributed by atoms with Crippen molar-refractivity contribution in [2.45, 2.75) is 24.6 Å². The quantitative estimate of drug-likeness (QED) is 0.472. The van der Waals surface area contributed by atoms with Crippen molar-refractivity contribution in [3.8, 4) is 0 Å². The highest BCUT2D eigenvalue weighted by Crippen LogP contribution is 2.26. The number of rotatable bonds is 3. The van der Waals surface area contributed by atoms with Crippen LogP contribution in [-0.4, -0.2) is 33.6 Å². The van der Waals surface area contributed by atoms with Crippen LogP contribution >= 0.6 is 15.9 Å². The Hall–Kier alpha value is -1.50. The predicted molar refractivity (Wildman–Crippen MR) is 80.1 cm³/mol. The topological polar surface area (TPSA) is 63.5 Å². The van der Waals surface area contributed by atoms with Gasteiger partial charge in [0.25, 0.3) is 11.6 Å². The Morgan fingerprint density at radius 3 is 2.57 bits per heavy atom. The summed E-state index contributed by atoms with van der Waals surface area (Å²) in [6, 6.07) is 3.14. The van der Waals surface area contributed by atoms with E-state index >= 15 is 0 Å². The molecule has 1 aromatic rings. The summed E-state index contributed by atoms with van der Waals surface area (Å²) in [5.41, 5.74) is -0.457. The zero-order chi connectivity index (χ0) is 15.6. The third-order valence-electron chi connectivity index (χ3n) is 3.87. The van der Waals surface area contributed by atoms with Crippen molar-refractivity contribution < 1.29 is 14.1 Å². The predicted octanol–water partition coefficient (Wildman–Crippen LogP) is 3.37. The summed E-state index contributed by atoms with van der Waals surface area (Å²) in [6.07, 6.45) is 1.74. The largest absolute Gasteiger partial charge is 0.339 e. The van der Waals surface area contributed by atoms with Crippen LogP contribution in [0, 0.1) is 21.8 Å². The van der Waals surface area contributed by atoms with Gasteiger partial charge >= 0.3 is 0 Å². The van der Waals surface area contributed by atoms with E-state index in [1.807, 2.05) is 0 Å². The number of amides is 1. The molecule has 0 aliphatic carbocycles. The standard InChI is InChI=1S/C14H16BrFN2O3/c1-9(15)10-4-6-17(7-5-10)14(19)12-3-2-11(18(20)21)8-13(12)16/h2-3,8-10H,4-7H2,1H3. The van der Waals surface area contributed by atoms with E-state index in [1.54, 1.807) is 4.90 Å². The zero-order valence-electron chi connectivity index (χ0n) is 11.6. The number of non-ortho nitro benzene ring substituents is 1. The Kier molecular flexibility index (Phi) is 4.92. The molecule has 0 bridgehead atoms. The first-order valence-electron chi connectivity index (χ1n) is 6.77. The van der Waals surface area contributed by atoms with E-state index in [4.69, 9.17) is 0 Å². The maximum atomic E-state index is 13.9. The van der Waals surface area contributed by atoms with Gasteiger partial charge in [-0.25, -0.2) is 4.39 Å².